The lowest BCUT2D eigenvalue weighted by Gasteiger charge is -2.27. The van der Waals surface area contributed by atoms with Gasteiger partial charge in [-0.05, 0) is 36.4 Å². The zero-order chi connectivity index (χ0) is 17.5. The van der Waals surface area contributed by atoms with Gasteiger partial charge < -0.3 is 10.2 Å². The minimum absolute atomic E-state index is 0.0792. The van der Waals surface area contributed by atoms with Crippen LogP contribution in [0.3, 0.4) is 0 Å². The van der Waals surface area contributed by atoms with E-state index in [0.717, 1.165) is 43.6 Å². The van der Waals surface area contributed by atoms with Crippen molar-refractivity contribution in [2.45, 2.75) is 38.1 Å². The molecular formula is C18H22N4O2S. The summed E-state index contributed by atoms with van der Waals surface area (Å²) in [6.45, 7) is 0.642. The molecule has 0 radical (unpaired) electrons. The van der Waals surface area contributed by atoms with Gasteiger partial charge >= 0.3 is 0 Å². The van der Waals surface area contributed by atoms with Crippen LogP contribution < -0.4 is 5.32 Å². The predicted molar refractivity (Wildman–Crippen MR) is 96.4 cm³/mol. The van der Waals surface area contributed by atoms with Crippen molar-refractivity contribution in [3.05, 3.63) is 47.0 Å². The smallest absolute Gasteiger partial charge is 0.276 e. The number of carbonyl (C=O) groups excluding carboxylic acids is 2. The van der Waals surface area contributed by atoms with Crippen LogP contribution in [0.1, 0.15) is 41.7 Å². The van der Waals surface area contributed by atoms with Gasteiger partial charge in [0.15, 0.2) is 5.69 Å². The highest BCUT2D eigenvalue weighted by atomic mass is 32.1. The van der Waals surface area contributed by atoms with Crippen molar-refractivity contribution < 1.29 is 9.59 Å². The Morgan fingerprint density at radius 2 is 1.96 bits per heavy atom. The van der Waals surface area contributed by atoms with Crippen LogP contribution in [-0.4, -0.2) is 45.4 Å². The Balaban J connectivity index is 1.55. The molecule has 1 saturated carbocycles. The zero-order valence-electron chi connectivity index (χ0n) is 14.1. The number of aromatic nitrogens is 2. The van der Waals surface area contributed by atoms with E-state index in [4.69, 9.17) is 0 Å². The van der Waals surface area contributed by atoms with E-state index >= 15 is 0 Å². The highest BCUT2D eigenvalue weighted by Gasteiger charge is 2.30. The fourth-order valence-corrected chi connectivity index (χ4v) is 3.62. The van der Waals surface area contributed by atoms with E-state index in [1.54, 1.807) is 10.3 Å². The summed E-state index contributed by atoms with van der Waals surface area (Å²) < 4.78 is 3.76. The van der Waals surface area contributed by atoms with E-state index in [2.05, 4.69) is 14.9 Å². The number of amides is 2. The second-order valence-corrected chi connectivity index (χ2v) is 6.86. The molecule has 1 aliphatic rings. The normalized spacial score (nSPS) is 14.4. The van der Waals surface area contributed by atoms with Crippen LogP contribution in [0.5, 0.6) is 0 Å². The molecule has 0 bridgehead atoms. The summed E-state index contributed by atoms with van der Waals surface area (Å²) in [5, 5.41) is 8.42. The third-order valence-electron chi connectivity index (χ3n) is 4.50. The number of hydrogen-bond donors (Lipinski definition) is 1. The molecule has 0 saturated heterocycles. The summed E-state index contributed by atoms with van der Waals surface area (Å²) in [6.07, 6.45) is 4.86. The van der Waals surface area contributed by atoms with Crippen molar-refractivity contribution >= 4 is 23.3 Å². The molecule has 1 aromatic heterocycles. The highest BCUT2D eigenvalue weighted by molar-refractivity contribution is 7.03. The lowest BCUT2D eigenvalue weighted by atomic mass is 10.1. The summed E-state index contributed by atoms with van der Waals surface area (Å²) in [6, 6.07) is 10.1. The standard InChI is InChI=1S/C18H22N4O2S/c23-17(19-11-10-14-6-2-1-3-7-14)12-22(15-8-4-5-9-15)18(24)16-13-25-21-20-16/h1-3,6-7,13,15H,4-5,8-12H2,(H,19,23). The van der Waals surface area contributed by atoms with Crippen LogP contribution in [0.25, 0.3) is 0 Å². The van der Waals surface area contributed by atoms with Gasteiger partial charge in [-0.1, -0.05) is 47.7 Å². The van der Waals surface area contributed by atoms with Crippen molar-refractivity contribution in [3.63, 3.8) is 0 Å². The van der Waals surface area contributed by atoms with Crippen LogP contribution in [0.4, 0.5) is 0 Å². The highest BCUT2D eigenvalue weighted by Crippen LogP contribution is 2.24. The maximum absolute atomic E-state index is 12.7. The predicted octanol–water partition coefficient (Wildman–Crippen LogP) is 2.28. The number of rotatable bonds is 7. The number of hydrogen-bond acceptors (Lipinski definition) is 5. The van der Waals surface area contributed by atoms with Gasteiger partial charge in [0.25, 0.3) is 5.91 Å². The Morgan fingerprint density at radius 3 is 2.64 bits per heavy atom. The monoisotopic (exact) mass is 358 g/mol. The molecule has 1 N–H and O–H groups in total. The molecule has 0 aliphatic heterocycles. The van der Waals surface area contributed by atoms with Gasteiger partial charge in [0, 0.05) is 18.0 Å². The number of nitrogens with one attached hydrogen (secondary N) is 1. The van der Waals surface area contributed by atoms with E-state index in [0.29, 0.717) is 12.2 Å². The van der Waals surface area contributed by atoms with E-state index in [9.17, 15) is 9.59 Å². The molecule has 2 amide bonds. The Kier molecular flexibility index (Phi) is 6.11. The third kappa shape index (κ3) is 4.85. The summed E-state index contributed by atoms with van der Waals surface area (Å²) in [5.74, 6) is -0.321. The molecule has 3 rings (SSSR count). The summed E-state index contributed by atoms with van der Waals surface area (Å²) in [7, 11) is 0. The maximum atomic E-state index is 12.7. The third-order valence-corrected chi connectivity index (χ3v) is 5.00. The Labute approximate surface area is 151 Å². The molecular weight excluding hydrogens is 336 g/mol. The second kappa shape index (κ2) is 8.71. The van der Waals surface area contributed by atoms with E-state index < -0.39 is 0 Å². The van der Waals surface area contributed by atoms with Gasteiger partial charge in [0.1, 0.15) is 6.54 Å². The van der Waals surface area contributed by atoms with Gasteiger partial charge in [0.05, 0.1) is 0 Å². The molecule has 1 aromatic carbocycles. The lowest BCUT2D eigenvalue weighted by molar-refractivity contribution is -0.122. The van der Waals surface area contributed by atoms with Gasteiger partial charge in [-0.2, -0.15) is 0 Å². The fourth-order valence-electron chi connectivity index (χ4n) is 3.19. The van der Waals surface area contributed by atoms with E-state index in [1.165, 1.54) is 5.56 Å². The minimum atomic E-state index is -0.196. The van der Waals surface area contributed by atoms with E-state index in [1.807, 2.05) is 30.3 Å². The molecule has 0 atom stereocenters. The summed E-state index contributed by atoms with van der Waals surface area (Å²) >= 11 is 1.15. The van der Waals surface area contributed by atoms with Gasteiger partial charge in [-0.15, -0.1) is 5.10 Å². The van der Waals surface area contributed by atoms with Gasteiger partial charge in [-0.25, -0.2) is 0 Å². The SMILES string of the molecule is O=C(CN(C(=O)c1csnn1)C1CCCC1)NCCc1ccccc1. The number of nitrogens with zero attached hydrogens (tertiary/aromatic N) is 3. The fraction of sp³-hybridized carbons (Fsp3) is 0.444. The van der Waals surface area contributed by atoms with Crippen molar-refractivity contribution in [1.82, 2.24) is 19.8 Å². The molecule has 25 heavy (non-hydrogen) atoms. The Bertz CT molecular complexity index is 684. The number of benzene rings is 1. The second-order valence-electron chi connectivity index (χ2n) is 6.25. The largest absolute Gasteiger partial charge is 0.354 e. The van der Waals surface area contributed by atoms with Crippen molar-refractivity contribution in [3.8, 4) is 0 Å². The van der Waals surface area contributed by atoms with Crippen molar-refractivity contribution in [1.29, 1.82) is 0 Å². The average molecular weight is 358 g/mol. The van der Waals surface area contributed by atoms with Crippen LogP contribution in [-0.2, 0) is 11.2 Å². The van der Waals surface area contributed by atoms with Gasteiger partial charge in [0.2, 0.25) is 5.91 Å². The van der Waals surface area contributed by atoms with Crippen molar-refractivity contribution in [2.24, 2.45) is 0 Å². The molecule has 132 valence electrons. The van der Waals surface area contributed by atoms with E-state index in [-0.39, 0.29) is 24.4 Å². The molecule has 1 aliphatic carbocycles. The quantitative estimate of drug-likeness (QED) is 0.824. The molecule has 6 nitrogen and oxygen atoms in total. The minimum Gasteiger partial charge on any atom is -0.354 e. The van der Waals surface area contributed by atoms with Gasteiger partial charge in [-0.3, -0.25) is 9.59 Å². The van der Waals surface area contributed by atoms with Crippen LogP contribution in [0.15, 0.2) is 35.7 Å². The molecule has 7 heteroatoms. The average Bonchev–Trinajstić information content (AvgIpc) is 3.33. The summed E-state index contributed by atoms with van der Waals surface area (Å²) in [5.41, 5.74) is 1.51. The first-order valence-corrected chi connectivity index (χ1v) is 9.46. The lowest BCUT2D eigenvalue weighted by Crippen LogP contribution is -2.46. The number of carbonyl (C=O) groups is 2. The molecule has 1 fully saturated rings. The molecule has 0 unspecified atom stereocenters. The Hall–Kier alpha value is -2.28. The zero-order valence-corrected chi connectivity index (χ0v) is 14.9. The molecule has 0 spiro atoms. The topological polar surface area (TPSA) is 75.2 Å². The van der Waals surface area contributed by atoms with Crippen LogP contribution in [0.2, 0.25) is 0 Å². The Morgan fingerprint density at radius 1 is 1.20 bits per heavy atom. The molecule has 2 aromatic rings. The molecule has 1 heterocycles. The van der Waals surface area contributed by atoms with Crippen molar-refractivity contribution in [2.75, 3.05) is 13.1 Å². The maximum Gasteiger partial charge on any atom is 0.276 e. The van der Waals surface area contributed by atoms with Crippen LogP contribution >= 0.6 is 11.5 Å². The summed E-state index contributed by atoms with van der Waals surface area (Å²) in [4.78, 5) is 26.7. The first kappa shape index (κ1) is 17.5. The van der Waals surface area contributed by atoms with Crippen LogP contribution in [0, 0.1) is 0 Å². The first-order valence-electron chi connectivity index (χ1n) is 8.62. The first-order chi connectivity index (χ1) is 12.2.